The van der Waals surface area contributed by atoms with Gasteiger partial charge >= 0.3 is 6.18 Å². The number of hydrogen-bond acceptors (Lipinski definition) is 6. The van der Waals surface area contributed by atoms with E-state index in [1.54, 1.807) is 0 Å². The highest BCUT2D eigenvalue weighted by Gasteiger charge is 2.65. The molecule has 1 aromatic carbocycles. The molecule has 5 rings (SSSR count). The molecule has 8 nitrogen and oxygen atoms in total. The molecule has 3 N–H and O–H groups in total. The topological polar surface area (TPSA) is 89.8 Å². The van der Waals surface area contributed by atoms with Crippen molar-refractivity contribution in [2.75, 3.05) is 38.3 Å². The van der Waals surface area contributed by atoms with Crippen molar-refractivity contribution in [2.24, 2.45) is 5.41 Å². The van der Waals surface area contributed by atoms with Gasteiger partial charge in [-0.15, -0.1) is 0 Å². The number of aliphatic hydroxyl groups excluding tert-OH is 1. The molecule has 2 aromatic heterocycles. The Labute approximate surface area is 257 Å². The molecule has 1 aliphatic heterocycles. The molecule has 1 saturated carbocycles. The van der Waals surface area contributed by atoms with E-state index in [-0.39, 0.29) is 59.3 Å². The lowest BCUT2D eigenvalue weighted by molar-refractivity contribution is -0.160. The van der Waals surface area contributed by atoms with Gasteiger partial charge in [0, 0.05) is 51.4 Å². The lowest BCUT2D eigenvalue weighted by Gasteiger charge is -2.40. The van der Waals surface area contributed by atoms with Crippen LogP contribution in [-0.4, -0.2) is 67.0 Å². The highest BCUT2D eigenvalue weighted by Crippen LogP contribution is 2.61. The van der Waals surface area contributed by atoms with Crippen LogP contribution in [0.1, 0.15) is 18.4 Å². The first kappa shape index (κ1) is 32.5. The highest BCUT2D eigenvalue weighted by molar-refractivity contribution is 7.80. The van der Waals surface area contributed by atoms with E-state index in [4.69, 9.17) is 26.4 Å². The molecule has 1 saturated heterocycles. The van der Waals surface area contributed by atoms with Gasteiger partial charge in [0.1, 0.15) is 18.1 Å². The Morgan fingerprint density at radius 3 is 2.41 bits per heavy atom. The first-order valence-corrected chi connectivity index (χ1v) is 18.3. The third-order valence-electron chi connectivity index (χ3n) is 8.00. The third-order valence-corrected chi connectivity index (χ3v) is 9.95. The first-order valence-electron chi connectivity index (χ1n) is 14.2. The molecule has 240 valence electrons. The van der Waals surface area contributed by atoms with Crippen molar-refractivity contribution >= 4 is 42.1 Å². The van der Waals surface area contributed by atoms with E-state index in [9.17, 15) is 18.3 Å². The Morgan fingerprint density at radius 2 is 1.86 bits per heavy atom. The molecule has 44 heavy (non-hydrogen) atoms. The minimum atomic E-state index is -4.54. The van der Waals surface area contributed by atoms with Gasteiger partial charge in [-0.1, -0.05) is 19.6 Å². The van der Waals surface area contributed by atoms with E-state index in [2.05, 4.69) is 35.3 Å². The lowest BCUT2D eigenvalue weighted by Crippen LogP contribution is -2.53. The van der Waals surface area contributed by atoms with Crippen molar-refractivity contribution in [1.82, 2.24) is 14.9 Å². The van der Waals surface area contributed by atoms with Gasteiger partial charge in [-0.3, -0.25) is 0 Å². The number of pyridine rings is 1. The number of fused-ring (bicyclic) bond motifs is 1. The zero-order valence-corrected chi connectivity index (χ0v) is 26.4. The number of benzene rings is 1. The van der Waals surface area contributed by atoms with Crippen molar-refractivity contribution in [2.45, 2.75) is 56.8 Å². The molecular weight excluding hydrogens is 623 g/mol. The van der Waals surface area contributed by atoms with Gasteiger partial charge in [0.05, 0.1) is 36.0 Å². The number of alkyl halides is 3. The monoisotopic (exact) mass is 658 g/mol. The fourth-order valence-electron chi connectivity index (χ4n) is 5.03. The molecule has 0 radical (unpaired) electrons. The summed E-state index contributed by atoms with van der Waals surface area (Å²) in [7, 11) is -1.40. The Balaban J connectivity index is 1.40. The van der Waals surface area contributed by atoms with Crippen molar-refractivity contribution in [3.63, 3.8) is 0 Å². The molecule has 1 aliphatic carbocycles. The molecule has 0 unspecified atom stereocenters. The lowest BCUT2D eigenvalue weighted by atomic mass is 9.87. The van der Waals surface area contributed by atoms with Crippen LogP contribution in [0.4, 0.5) is 27.6 Å². The van der Waals surface area contributed by atoms with Gasteiger partial charge in [0.25, 0.3) is 0 Å². The van der Waals surface area contributed by atoms with E-state index >= 15 is 8.78 Å². The van der Waals surface area contributed by atoms with Crippen LogP contribution in [0.5, 0.6) is 11.5 Å². The SMILES string of the molecule is C[Si](C)(C)CCOCn1cc(C2(C(F)(F)F)CC2)c2c(Oc3c(F)cc(NC(=S)NCC4(CO)COC4)cc3F)ccnc21. The normalized spacial score (nSPS) is 17.3. The number of hydrogen-bond donors (Lipinski definition) is 3. The van der Waals surface area contributed by atoms with Crippen LogP contribution in [0.15, 0.2) is 30.6 Å². The summed E-state index contributed by atoms with van der Waals surface area (Å²) >= 11 is 5.21. The van der Waals surface area contributed by atoms with E-state index in [0.29, 0.717) is 26.4 Å². The minimum Gasteiger partial charge on any atom is -0.450 e. The fraction of sp³-hybridized carbons (Fsp3) is 0.517. The van der Waals surface area contributed by atoms with E-state index in [1.165, 1.54) is 23.0 Å². The molecule has 3 heterocycles. The smallest absolute Gasteiger partial charge is 0.398 e. The third kappa shape index (κ3) is 6.71. The van der Waals surface area contributed by atoms with E-state index < -0.39 is 42.5 Å². The number of thiocarbonyl (C=S) groups is 1. The molecule has 0 spiro atoms. The predicted molar refractivity (Wildman–Crippen MR) is 162 cm³/mol. The number of nitrogens with one attached hydrogen (secondary N) is 2. The van der Waals surface area contributed by atoms with Gasteiger partial charge < -0.3 is 34.5 Å². The second-order valence-electron chi connectivity index (χ2n) is 12.8. The zero-order chi connectivity index (χ0) is 31.9. The maximum atomic E-state index is 15.2. The van der Waals surface area contributed by atoms with Gasteiger partial charge in [-0.05, 0) is 42.7 Å². The van der Waals surface area contributed by atoms with Crippen molar-refractivity contribution in [3.05, 3.63) is 47.8 Å². The summed E-state index contributed by atoms with van der Waals surface area (Å²) in [6.45, 7) is 7.88. The number of rotatable bonds is 12. The summed E-state index contributed by atoms with van der Waals surface area (Å²) in [6.07, 6.45) is -2.11. The second kappa shape index (κ2) is 12.2. The maximum absolute atomic E-state index is 15.2. The molecule has 0 amide bonds. The molecule has 2 fully saturated rings. The van der Waals surface area contributed by atoms with Crippen molar-refractivity contribution < 1.29 is 41.3 Å². The fourth-order valence-corrected chi connectivity index (χ4v) is 5.97. The van der Waals surface area contributed by atoms with Gasteiger partial charge in [0.15, 0.2) is 22.5 Å². The van der Waals surface area contributed by atoms with Crippen molar-refractivity contribution in [1.29, 1.82) is 0 Å². The van der Waals surface area contributed by atoms with Crippen LogP contribution in [-0.2, 0) is 21.6 Å². The molecule has 15 heteroatoms. The number of anilines is 1. The predicted octanol–water partition coefficient (Wildman–Crippen LogP) is 6.31. The number of aromatic nitrogens is 2. The maximum Gasteiger partial charge on any atom is 0.398 e. The summed E-state index contributed by atoms with van der Waals surface area (Å²) in [5.74, 6) is -3.12. The van der Waals surface area contributed by atoms with Crippen LogP contribution in [0.25, 0.3) is 11.0 Å². The van der Waals surface area contributed by atoms with Crippen molar-refractivity contribution in [3.8, 4) is 11.5 Å². The molecule has 3 aromatic rings. The van der Waals surface area contributed by atoms with Crippen LogP contribution in [0, 0.1) is 17.0 Å². The van der Waals surface area contributed by atoms with Gasteiger partial charge in [0.2, 0.25) is 0 Å². The number of aliphatic hydroxyl groups is 1. The van der Waals surface area contributed by atoms with Gasteiger partial charge in [-0.25, -0.2) is 13.8 Å². The van der Waals surface area contributed by atoms with E-state index in [0.717, 1.165) is 18.2 Å². The average molecular weight is 659 g/mol. The zero-order valence-electron chi connectivity index (χ0n) is 24.6. The second-order valence-corrected chi connectivity index (χ2v) is 18.8. The highest BCUT2D eigenvalue weighted by atomic mass is 32.1. The summed E-state index contributed by atoms with van der Waals surface area (Å²) in [5.41, 5.74) is -2.49. The van der Waals surface area contributed by atoms with Crippen LogP contribution >= 0.6 is 12.2 Å². The molecule has 2 aliphatic rings. The molecular formula is C29H35F5N4O4SSi. The summed E-state index contributed by atoms with van der Waals surface area (Å²) in [4.78, 5) is 4.30. The van der Waals surface area contributed by atoms with Gasteiger partial charge in [-0.2, -0.15) is 13.2 Å². The number of nitrogens with zero attached hydrogens (tertiary/aromatic N) is 2. The Bertz CT molecular complexity index is 1510. The minimum absolute atomic E-state index is 0.0102. The largest absolute Gasteiger partial charge is 0.450 e. The standard InChI is InChI=1S/C29H35F5N4O4SSi/c1-44(2,3)9-8-40-17-38-12-19(28(5-6-28)29(32,33)34)23-22(4-7-35-25(23)38)42-24-20(30)10-18(11-21(24)31)37-26(43)36-13-27(14-39)15-41-16-27/h4,7,10-12,39H,5-6,8-9,13-17H2,1-3H3,(H2,36,37,43). The average Bonchev–Trinajstić information content (AvgIpc) is 3.65. The summed E-state index contributed by atoms with van der Waals surface area (Å²) in [5, 5.41) is 15.2. The Morgan fingerprint density at radius 1 is 1.18 bits per heavy atom. The molecule has 0 bridgehead atoms. The summed E-state index contributed by atoms with van der Waals surface area (Å²) < 4.78 is 91.5. The Kier molecular flexibility index (Phi) is 8.99. The quantitative estimate of drug-likeness (QED) is 0.0904. The van der Waals surface area contributed by atoms with Crippen LogP contribution in [0.3, 0.4) is 0 Å². The van der Waals surface area contributed by atoms with Crippen LogP contribution < -0.4 is 15.4 Å². The number of halogens is 5. The van der Waals surface area contributed by atoms with E-state index in [1.807, 2.05) is 0 Å². The van der Waals surface area contributed by atoms with Crippen LogP contribution in [0.2, 0.25) is 25.7 Å². The first-order chi connectivity index (χ1) is 20.7. The summed E-state index contributed by atoms with van der Waals surface area (Å²) in [6, 6.07) is 4.10. The number of ether oxygens (including phenoxy) is 3. The molecule has 0 atom stereocenters. The Hall–Kier alpha value is -2.85.